The zero-order valence-corrected chi connectivity index (χ0v) is 16.5. The molecule has 144 valence electrons. The normalized spacial score (nSPS) is 12.5. The lowest BCUT2D eigenvalue weighted by atomic mass is 10.00. The maximum Gasteiger partial charge on any atom is 0.295 e. The number of rotatable bonds is 4. The van der Waals surface area contributed by atoms with Crippen molar-refractivity contribution in [2.24, 2.45) is 0 Å². The fourth-order valence-electron chi connectivity index (χ4n) is 3.22. The molecule has 0 saturated carbocycles. The monoisotopic (exact) mass is 430 g/mol. The standard InChI is InChI=1S/C16H15ClN2O6S2/c1-18-10-6-7-11(19-2)14-13(10)15(26(20,21)22)8-4-3-5-9(17)12(8)16(14)27(23,24)25/h3-7,18-19H,1-2H3,(H,20,21,22)(H,23,24,25). The fourth-order valence-corrected chi connectivity index (χ4v) is 5.41. The Morgan fingerprint density at radius 1 is 0.778 bits per heavy atom. The van der Waals surface area contributed by atoms with Crippen LogP contribution in [0.3, 0.4) is 0 Å². The molecule has 0 amide bonds. The van der Waals surface area contributed by atoms with E-state index in [-0.39, 0.29) is 37.9 Å². The van der Waals surface area contributed by atoms with Crippen LogP contribution in [0.5, 0.6) is 0 Å². The van der Waals surface area contributed by atoms with Crippen LogP contribution in [0.25, 0.3) is 21.5 Å². The number of hydrogen-bond acceptors (Lipinski definition) is 6. The Hall–Kier alpha value is -2.11. The largest absolute Gasteiger partial charge is 0.388 e. The Bertz CT molecular complexity index is 1300. The van der Waals surface area contributed by atoms with Gasteiger partial charge >= 0.3 is 0 Å². The van der Waals surface area contributed by atoms with Gasteiger partial charge in [0.2, 0.25) is 0 Å². The smallest absolute Gasteiger partial charge is 0.295 e. The van der Waals surface area contributed by atoms with Crippen molar-refractivity contribution in [3.8, 4) is 0 Å². The van der Waals surface area contributed by atoms with E-state index in [9.17, 15) is 25.9 Å². The highest BCUT2D eigenvalue weighted by atomic mass is 35.5. The molecule has 0 saturated heterocycles. The molecule has 0 aliphatic carbocycles. The van der Waals surface area contributed by atoms with Gasteiger partial charge in [0.05, 0.1) is 0 Å². The van der Waals surface area contributed by atoms with Crippen LogP contribution >= 0.6 is 11.6 Å². The summed E-state index contributed by atoms with van der Waals surface area (Å²) in [7, 11) is -6.61. The van der Waals surface area contributed by atoms with Crippen LogP contribution in [-0.4, -0.2) is 40.0 Å². The minimum absolute atomic E-state index is 0.0887. The summed E-state index contributed by atoms with van der Waals surface area (Å²) >= 11 is 6.17. The first-order valence-corrected chi connectivity index (χ1v) is 10.8. The number of benzene rings is 3. The molecule has 0 atom stereocenters. The van der Waals surface area contributed by atoms with Crippen molar-refractivity contribution in [1.29, 1.82) is 0 Å². The van der Waals surface area contributed by atoms with Gasteiger partial charge in [0, 0.05) is 52.0 Å². The number of fused-ring (bicyclic) bond motifs is 2. The van der Waals surface area contributed by atoms with E-state index in [1.807, 2.05) is 0 Å². The summed E-state index contributed by atoms with van der Waals surface area (Å²) in [6, 6.07) is 7.12. The summed E-state index contributed by atoms with van der Waals surface area (Å²) in [5.74, 6) is 0. The molecule has 3 aromatic rings. The van der Waals surface area contributed by atoms with Crippen molar-refractivity contribution in [2.75, 3.05) is 24.7 Å². The van der Waals surface area contributed by atoms with E-state index < -0.39 is 30.0 Å². The van der Waals surface area contributed by atoms with Gasteiger partial charge in [-0.15, -0.1) is 0 Å². The maximum absolute atomic E-state index is 12.3. The molecule has 0 aromatic heterocycles. The third-order valence-electron chi connectivity index (χ3n) is 4.20. The van der Waals surface area contributed by atoms with Crippen LogP contribution in [-0.2, 0) is 20.2 Å². The highest BCUT2D eigenvalue weighted by Gasteiger charge is 2.30. The van der Waals surface area contributed by atoms with E-state index in [0.717, 1.165) is 0 Å². The van der Waals surface area contributed by atoms with Crippen molar-refractivity contribution in [3.63, 3.8) is 0 Å². The van der Waals surface area contributed by atoms with Gasteiger partial charge < -0.3 is 10.6 Å². The number of halogens is 1. The molecule has 27 heavy (non-hydrogen) atoms. The lowest BCUT2D eigenvalue weighted by Crippen LogP contribution is -2.09. The quantitative estimate of drug-likeness (QED) is 0.366. The van der Waals surface area contributed by atoms with Crippen LogP contribution in [0, 0.1) is 0 Å². The predicted molar refractivity (Wildman–Crippen MR) is 105 cm³/mol. The van der Waals surface area contributed by atoms with E-state index in [4.69, 9.17) is 11.6 Å². The summed E-state index contributed by atoms with van der Waals surface area (Å²) < 4.78 is 68.9. The zero-order valence-electron chi connectivity index (χ0n) is 14.1. The van der Waals surface area contributed by atoms with Gasteiger partial charge in [-0.3, -0.25) is 9.11 Å². The predicted octanol–water partition coefficient (Wildman–Crippen LogP) is 3.22. The van der Waals surface area contributed by atoms with E-state index in [1.54, 1.807) is 0 Å². The van der Waals surface area contributed by atoms with Crippen molar-refractivity contribution >= 4 is 64.8 Å². The highest BCUT2D eigenvalue weighted by Crippen LogP contribution is 2.46. The topological polar surface area (TPSA) is 133 Å². The maximum atomic E-state index is 12.3. The number of anilines is 2. The van der Waals surface area contributed by atoms with Gasteiger partial charge in [0.1, 0.15) is 9.79 Å². The van der Waals surface area contributed by atoms with Gasteiger partial charge in [-0.2, -0.15) is 16.8 Å². The van der Waals surface area contributed by atoms with Gasteiger partial charge in [0.15, 0.2) is 0 Å². The molecule has 11 heteroatoms. The first-order chi connectivity index (χ1) is 12.5. The molecule has 0 unspecified atom stereocenters. The SMILES string of the molecule is CNc1ccc(NC)c2c(S(=O)(=O)O)c3c(Cl)cccc3c(S(=O)(=O)O)c12. The summed E-state index contributed by atoms with van der Waals surface area (Å²) in [5.41, 5.74) is 0.465. The Balaban J connectivity index is 2.93. The summed E-state index contributed by atoms with van der Waals surface area (Å²) in [4.78, 5) is -1.06. The molecule has 0 fully saturated rings. The van der Waals surface area contributed by atoms with Crippen molar-refractivity contribution in [3.05, 3.63) is 35.4 Å². The Kier molecular flexibility index (Phi) is 4.73. The first-order valence-electron chi connectivity index (χ1n) is 7.53. The third-order valence-corrected chi connectivity index (χ3v) is 6.38. The van der Waals surface area contributed by atoms with Crippen LogP contribution in [0.2, 0.25) is 5.02 Å². The molecule has 3 rings (SSSR count). The molecule has 0 radical (unpaired) electrons. The number of hydrogen-bond donors (Lipinski definition) is 4. The van der Waals surface area contributed by atoms with Gasteiger partial charge in [-0.05, 0) is 18.2 Å². The van der Waals surface area contributed by atoms with Crippen molar-refractivity contribution in [1.82, 2.24) is 0 Å². The van der Waals surface area contributed by atoms with E-state index in [1.165, 1.54) is 44.4 Å². The Labute approximate surface area is 160 Å². The second-order valence-corrected chi connectivity index (χ2v) is 8.81. The zero-order chi connectivity index (χ0) is 20.1. The second-order valence-electron chi connectivity index (χ2n) is 5.68. The average Bonchev–Trinajstić information content (AvgIpc) is 2.57. The molecule has 0 aliphatic heterocycles. The van der Waals surface area contributed by atoms with Crippen molar-refractivity contribution in [2.45, 2.75) is 9.79 Å². The molecule has 8 nitrogen and oxygen atoms in total. The van der Waals surface area contributed by atoms with E-state index in [0.29, 0.717) is 0 Å². The third kappa shape index (κ3) is 3.09. The van der Waals surface area contributed by atoms with Gasteiger partial charge in [-0.25, -0.2) is 0 Å². The average molecular weight is 431 g/mol. The first kappa shape index (κ1) is 19.6. The molecular weight excluding hydrogens is 416 g/mol. The van der Waals surface area contributed by atoms with Gasteiger partial charge in [-0.1, -0.05) is 23.7 Å². The number of nitrogens with one attached hydrogen (secondary N) is 2. The Morgan fingerprint density at radius 3 is 1.70 bits per heavy atom. The molecule has 3 aromatic carbocycles. The minimum Gasteiger partial charge on any atom is -0.388 e. The summed E-state index contributed by atoms with van der Waals surface area (Å²) in [5, 5.41) is 4.93. The molecule has 4 N–H and O–H groups in total. The lowest BCUT2D eigenvalue weighted by molar-refractivity contribution is 0.481. The minimum atomic E-state index is -4.83. The summed E-state index contributed by atoms with van der Waals surface area (Å²) in [6.07, 6.45) is 0. The van der Waals surface area contributed by atoms with Crippen LogP contribution in [0.15, 0.2) is 40.1 Å². The highest BCUT2D eigenvalue weighted by molar-refractivity contribution is 7.87. The molecule has 0 heterocycles. The molecular formula is C16H15ClN2O6S2. The van der Waals surface area contributed by atoms with Crippen LogP contribution in [0.1, 0.15) is 0 Å². The Morgan fingerprint density at radius 2 is 1.26 bits per heavy atom. The van der Waals surface area contributed by atoms with Crippen LogP contribution < -0.4 is 10.6 Å². The molecule has 0 aliphatic rings. The van der Waals surface area contributed by atoms with Crippen LogP contribution in [0.4, 0.5) is 11.4 Å². The van der Waals surface area contributed by atoms with Crippen molar-refractivity contribution < 1.29 is 25.9 Å². The van der Waals surface area contributed by atoms with Gasteiger partial charge in [0.25, 0.3) is 20.2 Å². The summed E-state index contributed by atoms with van der Waals surface area (Å²) in [6.45, 7) is 0. The van der Waals surface area contributed by atoms with E-state index >= 15 is 0 Å². The van der Waals surface area contributed by atoms with E-state index in [2.05, 4.69) is 10.6 Å². The molecule has 0 bridgehead atoms. The lowest BCUT2D eigenvalue weighted by Gasteiger charge is -2.19. The second kappa shape index (κ2) is 6.50. The molecule has 0 spiro atoms. The fraction of sp³-hybridized carbons (Fsp3) is 0.125.